The molecule has 1 N–H and O–H groups in total. The summed E-state index contributed by atoms with van der Waals surface area (Å²) in [5.74, 6) is 1.70. The monoisotopic (exact) mass is 321 g/mol. The molecule has 1 aromatic heterocycles. The van der Waals surface area contributed by atoms with Crippen molar-refractivity contribution in [2.24, 2.45) is 0 Å². The molecule has 0 bridgehead atoms. The first-order chi connectivity index (χ1) is 10.8. The maximum Gasteiger partial charge on any atom is 0.274 e. The highest BCUT2D eigenvalue weighted by molar-refractivity contribution is 7.99. The van der Waals surface area contributed by atoms with Gasteiger partial charge in [-0.15, -0.1) is 11.8 Å². The van der Waals surface area contributed by atoms with Crippen molar-refractivity contribution in [2.45, 2.75) is 12.5 Å². The number of carbonyl (C=O) groups excluding carboxylic acids is 2. The zero-order valence-corrected chi connectivity index (χ0v) is 13.1. The van der Waals surface area contributed by atoms with E-state index in [0.717, 1.165) is 18.1 Å². The molecule has 1 unspecified atom stereocenters. The molecule has 22 heavy (non-hydrogen) atoms. The second-order valence-corrected chi connectivity index (χ2v) is 6.36. The van der Waals surface area contributed by atoms with E-state index in [1.54, 1.807) is 22.9 Å². The Hall–Kier alpha value is -1.67. The number of thioether (sulfide) groups is 1. The van der Waals surface area contributed by atoms with Gasteiger partial charge in [0.05, 0.1) is 12.2 Å². The Kier molecular flexibility index (Phi) is 4.89. The number of amides is 2. The minimum Gasteiger partial charge on any atom is -0.339 e. The fourth-order valence-electron chi connectivity index (χ4n) is 2.69. The number of rotatable bonds is 2. The molecule has 2 fully saturated rings. The maximum absolute atomic E-state index is 12.4. The Morgan fingerprint density at radius 2 is 2.00 bits per heavy atom. The smallest absolute Gasteiger partial charge is 0.274 e. The topological polar surface area (TPSA) is 78.4 Å². The minimum atomic E-state index is -0.114. The lowest BCUT2D eigenvalue weighted by Crippen LogP contribution is -2.46. The van der Waals surface area contributed by atoms with Crippen LogP contribution in [0.1, 0.15) is 16.9 Å². The van der Waals surface area contributed by atoms with Gasteiger partial charge in [0.15, 0.2) is 0 Å². The highest BCUT2D eigenvalue weighted by Gasteiger charge is 2.29. The van der Waals surface area contributed by atoms with Crippen LogP contribution >= 0.6 is 11.8 Å². The van der Waals surface area contributed by atoms with Crippen molar-refractivity contribution in [1.29, 1.82) is 0 Å². The fraction of sp³-hybridized carbons (Fsp3) is 0.571. The minimum absolute atomic E-state index is 0.0766. The van der Waals surface area contributed by atoms with Gasteiger partial charge in [0.1, 0.15) is 5.69 Å². The summed E-state index contributed by atoms with van der Waals surface area (Å²) in [7, 11) is 0. The van der Waals surface area contributed by atoms with E-state index >= 15 is 0 Å². The SMILES string of the molecule is O=C(c1cnccn1)N1CCCN(C(=O)C2CSCN2)CC1. The molecule has 2 aliphatic rings. The lowest BCUT2D eigenvalue weighted by Gasteiger charge is -2.24. The molecule has 8 heteroatoms. The molecule has 2 amide bonds. The summed E-state index contributed by atoms with van der Waals surface area (Å²) in [6.07, 6.45) is 5.34. The molecule has 0 spiro atoms. The van der Waals surface area contributed by atoms with Gasteiger partial charge in [-0.05, 0) is 6.42 Å². The zero-order chi connectivity index (χ0) is 15.4. The molecule has 3 heterocycles. The van der Waals surface area contributed by atoms with Crippen LogP contribution in [0.15, 0.2) is 18.6 Å². The van der Waals surface area contributed by atoms with Crippen LogP contribution in [0.25, 0.3) is 0 Å². The predicted octanol–water partition coefficient (Wildman–Crippen LogP) is -0.186. The normalized spacial score (nSPS) is 22.5. The predicted molar refractivity (Wildman–Crippen MR) is 83.4 cm³/mol. The molecule has 0 radical (unpaired) electrons. The molecule has 3 rings (SSSR count). The van der Waals surface area contributed by atoms with E-state index in [9.17, 15) is 9.59 Å². The molecular weight excluding hydrogens is 302 g/mol. The van der Waals surface area contributed by atoms with Crippen LogP contribution in [0.3, 0.4) is 0 Å². The summed E-state index contributed by atoms with van der Waals surface area (Å²) < 4.78 is 0. The summed E-state index contributed by atoms with van der Waals surface area (Å²) in [5, 5.41) is 3.21. The number of hydrogen-bond donors (Lipinski definition) is 1. The summed E-state index contributed by atoms with van der Waals surface area (Å²) in [4.78, 5) is 36.4. The van der Waals surface area contributed by atoms with E-state index in [0.29, 0.717) is 31.9 Å². The molecule has 7 nitrogen and oxygen atoms in total. The average Bonchev–Trinajstić information content (AvgIpc) is 2.99. The van der Waals surface area contributed by atoms with E-state index in [1.165, 1.54) is 12.4 Å². The number of aromatic nitrogens is 2. The van der Waals surface area contributed by atoms with Gasteiger partial charge in [0, 0.05) is 50.2 Å². The van der Waals surface area contributed by atoms with E-state index in [1.807, 2.05) is 4.90 Å². The van der Waals surface area contributed by atoms with Gasteiger partial charge in [-0.1, -0.05) is 0 Å². The van der Waals surface area contributed by atoms with Gasteiger partial charge < -0.3 is 9.80 Å². The first-order valence-electron chi connectivity index (χ1n) is 7.41. The van der Waals surface area contributed by atoms with Crippen molar-refractivity contribution in [3.05, 3.63) is 24.3 Å². The van der Waals surface area contributed by atoms with E-state index < -0.39 is 0 Å². The summed E-state index contributed by atoms with van der Waals surface area (Å²) >= 11 is 1.74. The largest absolute Gasteiger partial charge is 0.339 e. The van der Waals surface area contributed by atoms with Crippen molar-refractivity contribution >= 4 is 23.6 Å². The van der Waals surface area contributed by atoms with Gasteiger partial charge in [-0.25, -0.2) is 4.98 Å². The van der Waals surface area contributed by atoms with Gasteiger partial charge in [0.2, 0.25) is 5.91 Å². The first-order valence-corrected chi connectivity index (χ1v) is 8.56. The van der Waals surface area contributed by atoms with Crippen LogP contribution in [-0.4, -0.2) is 75.4 Å². The van der Waals surface area contributed by atoms with E-state index in [-0.39, 0.29) is 17.9 Å². The Labute approximate surface area is 133 Å². The number of carbonyl (C=O) groups is 2. The summed E-state index contributed by atoms with van der Waals surface area (Å²) in [6.45, 7) is 2.46. The second-order valence-electron chi connectivity index (χ2n) is 5.33. The van der Waals surface area contributed by atoms with Crippen LogP contribution in [0.4, 0.5) is 0 Å². The second kappa shape index (κ2) is 7.06. The van der Waals surface area contributed by atoms with E-state index in [4.69, 9.17) is 0 Å². The summed E-state index contributed by atoms with van der Waals surface area (Å²) in [6, 6.07) is -0.0766. The number of hydrogen-bond acceptors (Lipinski definition) is 6. The van der Waals surface area contributed by atoms with Crippen molar-refractivity contribution in [3.63, 3.8) is 0 Å². The van der Waals surface area contributed by atoms with Crippen molar-refractivity contribution in [2.75, 3.05) is 37.8 Å². The first kappa shape index (κ1) is 15.2. The van der Waals surface area contributed by atoms with Crippen molar-refractivity contribution in [3.8, 4) is 0 Å². The molecule has 0 saturated carbocycles. The molecule has 2 aliphatic heterocycles. The van der Waals surface area contributed by atoms with Gasteiger partial charge in [-0.3, -0.25) is 19.9 Å². The Morgan fingerprint density at radius 3 is 2.73 bits per heavy atom. The van der Waals surface area contributed by atoms with Crippen LogP contribution in [0.2, 0.25) is 0 Å². The molecule has 1 atom stereocenters. The third kappa shape index (κ3) is 3.38. The summed E-state index contributed by atoms with van der Waals surface area (Å²) in [5.41, 5.74) is 0.358. The highest BCUT2D eigenvalue weighted by Crippen LogP contribution is 2.14. The Balaban J connectivity index is 1.60. The van der Waals surface area contributed by atoms with Crippen LogP contribution < -0.4 is 5.32 Å². The van der Waals surface area contributed by atoms with Crippen LogP contribution in [0.5, 0.6) is 0 Å². The maximum atomic E-state index is 12.4. The quantitative estimate of drug-likeness (QED) is 0.814. The molecule has 2 saturated heterocycles. The lowest BCUT2D eigenvalue weighted by molar-refractivity contribution is -0.132. The lowest BCUT2D eigenvalue weighted by atomic mass is 10.2. The molecule has 118 valence electrons. The molecule has 0 aromatic carbocycles. The Bertz CT molecular complexity index is 535. The number of nitrogens with one attached hydrogen (secondary N) is 1. The van der Waals surface area contributed by atoms with Crippen LogP contribution in [-0.2, 0) is 4.79 Å². The standard InChI is InChI=1S/C14H19N5O2S/c20-13(11-8-15-2-3-16-11)18-4-1-5-19(7-6-18)14(21)12-9-22-10-17-12/h2-3,8,12,17H,1,4-7,9-10H2. The fourth-order valence-corrected chi connectivity index (χ4v) is 3.62. The van der Waals surface area contributed by atoms with Crippen molar-refractivity contribution in [1.82, 2.24) is 25.1 Å². The number of nitrogens with zero attached hydrogens (tertiary/aromatic N) is 4. The van der Waals surface area contributed by atoms with E-state index in [2.05, 4.69) is 15.3 Å². The van der Waals surface area contributed by atoms with Crippen molar-refractivity contribution < 1.29 is 9.59 Å². The van der Waals surface area contributed by atoms with Gasteiger partial charge >= 0.3 is 0 Å². The molecule has 1 aromatic rings. The Morgan fingerprint density at radius 1 is 1.18 bits per heavy atom. The zero-order valence-electron chi connectivity index (χ0n) is 12.3. The molecule has 0 aliphatic carbocycles. The highest BCUT2D eigenvalue weighted by atomic mass is 32.2. The van der Waals surface area contributed by atoms with Gasteiger partial charge in [0.25, 0.3) is 5.91 Å². The van der Waals surface area contributed by atoms with Crippen LogP contribution in [0, 0.1) is 0 Å². The van der Waals surface area contributed by atoms with Gasteiger partial charge in [-0.2, -0.15) is 0 Å². The third-order valence-electron chi connectivity index (χ3n) is 3.89. The average molecular weight is 321 g/mol. The third-order valence-corrected chi connectivity index (χ3v) is 4.83. The molecular formula is C14H19N5O2S.